The van der Waals surface area contributed by atoms with Crippen LogP contribution in [0.1, 0.15) is 37.8 Å². The van der Waals surface area contributed by atoms with Crippen molar-refractivity contribution in [1.82, 2.24) is 10.2 Å². The molecule has 0 bridgehead atoms. The molecule has 2 N–H and O–H groups in total. The minimum atomic E-state index is -0.471. The van der Waals surface area contributed by atoms with Gasteiger partial charge in [-0.05, 0) is 67.1 Å². The molecule has 36 heavy (non-hydrogen) atoms. The van der Waals surface area contributed by atoms with Crippen molar-refractivity contribution in [2.24, 2.45) is 4.99 Å². The Hall–Kier alpha value is -3.72. The van der Waals surface area contributed by atoms with Gasteiger partial charge in [0.05, 0.1) is 38.0 Å². The minimum Gasteiger partial charge on any atom is -0.497 e. The molecule has 8 nitrogen and oxygen atoms in total. The number of nitrogens with one attached hydrogen (secondary N) is 2. The van der Waals surface area contributed by atoms with Crippen LogP contribution >= 0.6 is 11.8 Å². The van der Waals surface area contributed by atoms with Crippen molar-refractivity contribution >= 4 is 34.4 Å². The molecule has 0 aromatic heterocycles. The number of carbonyl (C=O) groups excluding carboxylic acids is 2. The van der Waals surface area contributed by atoms with Crippen LogP contribution in [0.3, 0.4) is 0 Å². The van der Waals surface area contributed by atoms with E-state index in [1.165, 1.54) is 11.8 Å². The van der Waals surface area contributed by atoms with Crippen LogP contribution < -0.4 is 20.1 Å². The number of benzene rings is 2. The standard InChI is InChI=1S/C27H28N4O4S/c1-16-24(26(33)30-19-9-11-21(34-2)12-10-19)25(17-5-4-6-22(13-17)35-3)31-20(15-36-27(31)28-16)14-23(32)29-18-7-8-18/h4-6,9-13,15,18,25H,7-8,14H2,1-3H3,(H,29,32)(H,30,33)/t25-/m0/s1. The van der Waals surface area contributed by atoms with Gasteiger partial charge in [0, 0.05) is 17.4 Å². The average Bonchev–Trinajstić information content (AvgIpc) is 3.62. The van der Waals surface area contributed by atoms with E-state index in [4.69, 9.17) is 14.5 Å². The number of hydrogen-bond donors (Lipinski definition) is 2. The fourth-order valence-corrected chi connectivity index (χ4v) is 5.29. The van der Waals surface area contributed by atoms with Gasteiger partial charge in [-0.25, -0.2) is 4.99 Å². The first kappa shape index (κ1) is 24.0. The van der Waals surface area contributed by atoms with Crippen LogP contribution in [0.4, 0.5) is 5.69 Å². The number of ether oxygens (including phenoxy) is 2. The highest BCUT2D eigenvalue weighted by atomic mass is 32.2. The summed E-state index contributed by atoms with van der Waals surface area (Å²) in [5, 5.41) is 8.76. The molecule has 1 fully saturated rings. The van der Waals surface area contributed by atoms with Crippen LogP contribution in [-0.4, -0.2) is 42.1 Å². The monoisotopic (exact) mass is 504 g/mol. The molecule has 2 aliphatic heterocycles. The van der Waals surface area contributed by atoms with E-state index in [1.54, 1.807) is 38.5 Å². The fourth-order valence-electron chi connectivity index (χ4n) is 4.33. The Morgan fingerprint density at radius 3 is 2.53 bits per heavy atom. The first-order valence-corrected chi connectivity index (χ1v) is 12.7. The second kappa shape index (κ2) is 10.1. The third-order valence-corrected chi connectivity index (χ3v) is 7.18. The van der Waals surface area contributed by atoms with Crippen LogP contribution in [0.15, 0.2) is 75.9 Å². The number of aliphatic imine (C=N–C) groups is 1. The van der Waals surface area contributed by atoms with Crippen molar-refractivity contribution in [2.45, 2.75) is 38.3 Å². The Labute approximate surface area is 214 Å². The van der Waals surface area contributed by atoms with Crippen LogP contribution in [0.25, 0.3) is 0 Å². The molecule has 2 amide bonds. The molecule has 186 valence electrons. The van der Waals surface area contributed by atoms with E-state index in [0.29, 0.717) is 28.5 Å². The summed E-state index contributed by atoms with van der Waals surface area (Å²) in [5.74, 6) is 1.11. The number of nitrogens with zero attached hydrogens (tertiary/aromatic N) is 2. The summed E-state index contributed by atoms with van der Waals surface area (Å²) in [6, 6.07) is 14.7. The maximum Gasteiger partial charge on any atom is 0.255 e. The van der Waals surface area contributed by atoms with Gasteiger partial charge in [-0.15, -0.1) is 0 Å². The Morgan fingerprint density at radius 2 is 1.83 bits per heavy atom. The number of hydrogen-bond acceptors (Lipinski definition) is 7. The number of allylic oxidation sites excluding steroid dienone is 1. The summed E-state index contributed by atoms with van der Waals surface area (Å²) < 4.78 is 10.7. The summed E-state index contributed by atoms with van der Waals surface area (Å²) >= 11 is 1.47. The van der Waals surface area contributed by atoms with Gasteiger partial charge in [-0.2, -0.15) is 0 Å². The van der Waals surface area contributed by atoms with Gasteiger partial charge in [0.15, 0.2) is 5.17 Å². The van der Waals surface area contributed by atoms with Gasteiger partial charge < -0.3 is 25.0 Å². The number of thioether (sulfide) groups is 1. The van der Waals surface area contributed by atoms with Crippen LogP contribution in [0.5, 0.6) is 11.5 Å². The fraction of sp³-hybridized carbons (Fsp3) is 0.296. The van der Waals surface area contributed by atoms with Crippen LogP contribution in [0, 0.1) is 0 Å². The average molecular weight is 505 g/mol. The third kappa shape index (κ3) is 4.97. The van der Waals surface area contributed by atoms with E-state index in [0.717, 1.165) is 29.3 Å². The maximum atomic E-state index is 13.7. The number of methoxy groups -OCH3 is 2. The quantitative estimate of drug-likeness (QED) is 0.547. The molecular formula is C27H28N4O4S. The Morgan fingerprint density at radius 1 is 1.08 bits per heavy atom. The summed E-state index contributed by atoms with van der Waals surface area (Å²) in [7, 11) is 3.21. The summed E-state index contributed by atoms with van der Waals surface area (Å²) in [5.41, 5.74) is 3.48. The molecule has 1 atom stereocenters. The smallest absolute Gasteiger partial charge is 0.255 e. The van der Waals surface area contributed by atoms with Crippen LogP contribution in [-0.2, 0) is 9.59 Å². The number of amides is 2. The zero-order chi connectivity index (χ0) is 25.2. The van der Waals surface area contributed by atoms with E-state index in [1.807, 2.05) is 41.5 Å². The SMILES string of the molecule is COc1ccc(NC(=O)C2=C(C)N=C3SC=C(CC(=O)NC4CC4)N3[C@H]2c2cccc(OC)c2)cc1. The lowest BCUT2D eigenvalue weighted by atomic mass is 9.93. The maximum absolute atomic E-state index is 13.7. The zero-order valence-electron chi connectivity index (χ0n) is 20.4. The predicted octanol–water partition coefficient (Wildman–Crippen LogP) is 4.59. The van der Waals surface area contributed by atoms with Gasteiger partial charge in [0.25, 0.3) is 5.91 Å². The summed E-state index contributed by atoms with van der Waals surface area (Å²) in [6.07, 6.45) is 2.27. The summed E-state index contributed by atoms with van der Waals surface area (Å²) in [4.78, 5) is 33.2. The normalized spacial score (nSPS) is 18.8. The number of carbonyl (C=O) groups is 2. The zero-order valence-corrected chi connectivity index (χ0v) is 21.2. The van der Waals surface area contributed by atoms with Crippen molar-refractivity contribution in [3.63, 3.8) is 0 Å². The summed E-state index contributed by atoms with van der Waals surface area (Å²) in [6.45, 7) is 1.85. The highest BCUT2D eigenvalue weighted by Gasteiger charge is 2.41. The number of amidine groups is 1. The lowest BCUT2D eigenvalue weighted by molar-refractivity contribution is -0.120. The van der Waals surface area contributed by atoms with Crippen LogP contribution in [0.2, 0.25) is 0 Å². The topological polar surface area (TPSA) is 92.3 Å². The Kier molecular flexibility index (Phi) is 6.73. The molecule has 5 rings (SSSR count). The molecule has 2 aromatic rings. The molecular weight excluding hydrogens is 476 g/mol. The van der Waals surface area contributed by atoms with Gasteiger partial charge in [-0.3, -0.25) is 9.59 Å². The van der Waals surface area contributed by atoms with Gasteiger partial charge in [0.1, 0.15) is 11.5 Å². The first-order valence-electron chi connectivity index (χ1n) is 11.8. The Balaban J connectivity index is 1.50. The molecule has 2 heterocycles. The molecule has 0 unspecified atom stereocenters. The second-order valence-electron chi connectivity index (χ2n) is 8.87. The molecule has 1 saturated carbocycles. The van der Waals surface area contributed by atoms with E-state index in [9.17, 15) is 9.59 Å². The minimum absolute atomic E-state index is 0.0227. The molecule has 0 radical (unpaired) electrons. The number of fused-ring (bicyclic) bond motifs is 1. The lowest BCUT2D eigenvalue weighted by Gasteiger charge is -2.36. The van der Waals surface area contributed by atoms with Crippen molar-refractivity contribution in [3.05, 3.63) is 76.5 Å². The number of anilines is 1. The van der Waals surface area contributed by atoms with E-state index in [2.05, 4.69) is 10.6 Å². The lowest BCUT2D eigenvalue weighted by Crippen LogP contribution is -2.39. The number of rotatable bonds is 8. The van der Waals surface area contributed by atoms with Crippen molar-refractivity contribution < 1.29 is 19.1 Å². The molecule has 0 spiro atoms. The van der Waals surface area contributed by atoms with E-state index < -0.39 is 6.04 Å². The van der Waals surface area contributed by atoms with Crippen molar-refractivity contribution in [2.75, 3.05) is 19.5 Å². The van der Waals surface area contributed by atoms with Gasteiger partial charge in [-0.1, -0.05) is 23.9 Å². The molecule has 1 aliphatic carbocycles. The van der Waals surface area contributed by atoms with E-state index in [-0.39, 0.29) is 24.3 Å². The van der Waals surface area contributed by atoms with Crippen molar-refractivity contribution in [1.29, 1.82) is 0 Å². The third-order valence-electron chi connectivity index (χ3n) is 6.29. The highest BCUT2D eigenvalue weighted by molar-refractivity contribution is 8.16. The molecule has 3 aliphatic rings. The van der Waals surface area contributed by atoms with E-state index >= 15 is 0 Å². The largest absolute Gasteiger partial charge is 0.497 e. The van der Waals surface area contributed by atoms with Gasteiger partial charge >= 0.3 is 0 Å². The molecule has 9 heteroatoms. The highest BCUT2D eigenvalue weighted by Crippen LogP contribution is 2.45. The second-order valence-corrected chi connectivity index (χ2v) is 9.71. The predicted molar refractivity (Wildman–Crippen MR) is 141 cm³/mol. The van der Waals surface area contributed by atoms with Crippen molar-refractivity contribution in [3.8, 4) is 11.5 Å². The molecule has 2 aromatic carbocycles. The molecule has 0 saturated heterocycles. The first-order chi connectivity index (χ1) is 17.5. The van der Waals surface area contributed by atoms with Gasteiger partial charge in [0.2, 0.25) is 5.91 Å². The Bertz CT molecular complexity index is 1280.